The van der Waals surface area contributed by atoms with Gasteiger partial charge in [0.05, 0.1) is 5.39 Å². The zero-order valence-corrected chi connectivity index (χ0v) is 16.7. The molecule has 0 unspecified atom stereocenters. The highest BCUT2D eigenvalue weighted by atomic mass is 32.1. The van der Waals surface area contributed by atoms with Crippen LogP contribution in [0.1, 0.15) is 10.4 Å². The van der Waals surface area contributed by atoms with E-state index in [0.29, 0.717) is 13.1 Å². The largest absolute Gasteiger partial charge is 0.352 e. The van der Waals surface area contributed by atoms with Crippen LogP contribution in [-0.4, -0.2) is 47.0 Å². The molecule has 1 aliphatic heterocycles. The van der Waals surface area contributed by atoms with Crippen LogP contribution in [0.2, 0.25) is 0 Å². The number of benzene rings is 2. The van der Waals surface area contributed by atoms with Gasteiger partial charge < -0.3 is 9.80 Å². The van der Waals surface area contributed by atoms with Gasteiger partial charge in [0.25, 0.3) is 5.91 Å². The molecule has 0 atom stereocenters. The standard InChI is InChI=1S/C23H20N4OS/c28-23(18-9-5-2-6-10-18)27-13-11-26(12-14-27)21-19-15-20(17-7-3-1-4-8-17)29-22(19)25-16-24-21/h1-10,15-16H,11-14H2. The summed E-state index contributed by atoms with van der Waals surface area (Å²) in [4.78, 5) is 28.1. The molecule has 0 aliphatic carbocycles. The second kappa shape index (κ2) is 7.64. The Morgan fingerprint density at radius 1 is 0.862 bits per heavy atom. The molecule has 0 N–H and O–H groups in total. The molecule has 3 heterocycles. The number of carbonyl (C=O) groups excluding carboxylic acids is 1. The number of amides is 1. The van der Waals surface area contributed by atoms with E-state index in [2.05, 4.69) is 45.2 Å². The average Bonchev–Trinajstić information content (AvgIpc) is 3.24. The summed E-state index contributed by atoms with van der Waals surface area (Å²) < 4.78 is 0. The SMILES string of the molecule is O=C(c1ccccc1)N1CCN(c2ncnc3sc(-c4ccccc4)cc23)CC1. The van der Waals surface area contributed by atoms with Crippen LogP contribution in [0.3, 0.4) is 0 Å². The van der Waals surface area contributed by atoms with Crippen molar-refractivity contribution < 1.29 is 4.79 Å². The number of hydrogen-bond donors (Lipinski definition) is 0. The molecule has 1 aliphatic rings. The van der Waals surface area contributed by atoms with Crippen molar-refractivity contribution >= 4 is 33.3 Å². The van der Waals surface area contributed by atoms with Crippen LogP contribution in [-0.2, 0) is 0 Å². The molecule has 1 fully saturated rings. The van der Waals surface area contributed by atoms with E-state index in [4.69, 9.17) is 0 Å². The highest BCUT2D eigenvalue weighted by molar-refractivity contribution is 7.21. The number of anilines is 1. The maximum absolute atomic E-state index is 12.7. The van der Waals surface area contributed by atoms with Crippen molar-refractivity contribution in [2.75, 3.05) is 31.1 Å². The Morgan fingerprint density at radius 2 is 1.55 bits per heavy atom. The number of fused-ring (bicyclic) bond motifs is 1. The lowest BCUT2D eigenvalue weighted by molar-refractivity contribution is 0.0746. The van der Waals surface area contributed by atoms with E-state index < -0.39 is 0 Å². The summed E-state index contributed by atoms with van der Waals surface area (Å²) in [6.07, 6.45) is 1.64. The van der Waals surface area contributed by atoms with Crippen molar-refractivity contribution in [3.63, 3.8) is 0 Å². The molecule has 144 valence electrons. The van der Waals surface area contributed by atoms with E-state index in [9.17, 15) is 4.79 Å². The summed E-state index contributed by atoms with van der Waals surface area (Å²) in [7, 11) is 0. The minimum Gasteiger partial charge on any atom is -0.352 e. The van der Waals surface area contributed by atoms with Gasteiger partial charge in [-0.1, -0.05) is 48.5 Å². The molecule has 1 saturated heterocycles. The van der Waals surface area contributed by atoms with E-state index in [1.807, 2.05) is 41.3 Å². The van der Waals surface area contributed by atoms with Gasteiger partial charge in [0.1, 0.15) is 17.0 Å². The van der Waals surface area contributed by atoms with Crippen LogP contribution >= 0.6 is 11.3 Å². The second-order valence-electron chi connectivity index (χ2n) is 7.04. The number of aromatic nitrogens is 2. The third-order valence-electron chi connectivity index (χ3n) is 5.25. The molecule has 1 amide bonds. The maximum atomic E-state index is 12.7. The number of nitrogens with zero attached hydrogens (tertiary/aromatic N) is 4. The van der Waals surface area contributed by atoms with Gasteiger partial charge in [-0.2, -0.15) is 0 Å². The summed E-state index contributed by atoms with van der Waals surface area (Å²) in [5, 5.41) is 1.08. The van der Waals surface area contributed by atoms with Crippen molar-refractivity contribution in [2.45, 2.75) is 0 Å². The van der Waals surface area contributed by atoms with Crippen molar-refractivity contribution in [3.05, 3.63) is 78.6 Å². The minimum absolute atomic E-state index is 0.0972. The monoisotopic (exact) mass is 400 g/mol. The summed E-state index contributed by atoms with van der Waals surface area (Å²) in [5.74, 6) is 1.06. The fourth-order valence-corrected chi connectivity index (χ4v) is 4.72. The lowest BCUT2D eigenvalue weighted by Crippen LogP contribution is -2.49. The molecular formula is C23H20N4OS. The first-order valence-corrected chi connectivity index (χ1v) is 10.5. The van der Waals surface area contributed by atoms with Crippen molar-refractivity contribution in [1.82, 2.24) is 14.9 Å². The lowest BCUT2D eigenvalue weighted by atomic mass is 10.1. The number of rotatable bonds is 3. The van der Waals surface area contributed by atoms with Crippen molar-refractivity contribution in [2.24, 2.45) is 0 Å². The summed E-state index contributed by atoms with van der Waals surface area (Å²) >= 11 is 1.69. The zero-order chi connectivity index (χ0) is 19.6. The predicted molar refractivity (Wildman–Crippen MR) is 117 cm³/mol. The van der Waals surface area contributed by atoms with Crippen molar-refractivity contribution in [1.29, 1.82) is 0 Å². The predicted octanol–water partition coefficient (Wildman–Crippen LogP) is 4.32. The highest BCUT2D eigenvalue weighted by Gasteiger charge is 2.24. The van der Waals surface area contributed by atoms with Gasteiger partial charge in [-0.05, 0) is 23.8 Å². The molecule has 0 saturated carbocycles. The first-order valence-electron chi connectivity index (χ1n) is 9.69. The van der Waals surface area contributed by atoms with Crippen LogP contribution in [0.5, 0.6) is 0 Å². The Morgan fingerprint density at radius 3 is 2.28 bits per heavy atom. The Bertz CT molecular complexity index is 1140. The zero-order valence-electron chi connectivity index (χ0n) is 15.9. The number of hydrogen-bond acceptors (Lipinski definition) is 5. The molecule has 2 aromatic heterocycles. The van der Waals surface area contributed by atoms with Crippen molar-refractivity contribution in [3.8, 4) is 10.4 Å². The quantitative estimate of drug-likeness (QED) is 0.514. The van der Waals surface area contributed by atoms with Crippen LogP contribution in [0.4, 0.5) is 5.82 Å². The smallest absolute Gasteiger partial charge is 0.253 e. The van der Waals surface area contributed by atoms with Crippen LogP contribution < -0.4 is 4.90 Å². The van der Waals surface area contributed by atoms with Gasteiger partial charge >= 0.3 is 0 Å². The highest BCUT2D eigenvalue weighted by Crippen LogP contribution is 2.36. The average molecular weight is 401 g/mol. The van der Waals surface area contributed by atoms with E-state index in [1.165, 1.54) is 10.4 Å². The minimum atomic E-state index is 0.0972. The number of piperazine rings is 1. The van der Waals surface area contributed by atoms with Crippen LogP contribution in [0.15, 0.2) is 73.1 Å². The van der Waals surface area contributed by atoms with Crippen LogP contribution in [0.25, 0.3) is 20.7 Å². The van der Waals surface area contributed by atoms with Crippen LogP contribution in [0, 0.1) is 0 Å². The molecule has 2 aromatic carbocycles. The number of carbonyl (C=O) groups is 1. The summed E-state index contributed by atoms with van der Waals surface area (Å²) in [6, 6.07) is 22.0. The fraction of sp³-hybridized carbons (Fsp3) is 0.174. The molecule has 4 aromatic rings. The van der Waals surface area contributed by atoms with E-state index in [-0.39, 0.29) is 5.91 Å². The normalized spacial score (nSPS) is 14.3. The third-order valence-corrected chi connectivity index (χ3v) is 6.35. The lowest BCUT2D eigenvalue weighted by Gasteiger charge is -2.35. The first-order chi connectivity index (χ1) is 14.3. The van der Waals surface area contributed by atoms with Gasteiger partial charge in [-0.3, -0.25) is 4.79 Å². The molecule has 0 bridgehead atoms. The van der Waals surface area contributed by atoms with Gasteiger partial charge in [-0.25, -0.2) is 9.97 Å². The molecule has 29 heavy (non-hydrogen) atoms. The number of thiophene rings is 1. The van der Waals surface area contributed by atoms with Gasteiger partial charge in [0, 0.05) is 36.6 Å². The first kappa shape index (κ1) is 17.8. The Labute approximate surface area is 173 Å². The molecule has 5 nitrogen and oxygen atoms in total. The van der Waals surface area contributed by atoms with Gasteiger partial charge in [0.2, 0.25) is 0 Å². The Balaban J connectivity index is 1.37. The summed E-state index contributed by atoms with van der Waals surface area (Å²) in [6.45, 7) is 2.91. The molecular weight excluding hydrogens is 380 g/mol. The molecule has 6 heteroatoms. The fourth-order valence-electron chi connectivity index (χ4n) is 3.72. The van der Waals surface area contributed by atoms with Gasteiger partial charge in [-0.15, -0.1) is 11.3 Å². The molecule has 0 spiro atoms. The topological polar surface area (TPSA) is 49.3 Å². The summed E-state index contributed by atoms with van der Waals surface area (Å²) in [5.41, 5.74) is 1.94. The van der Waals surface area contributed by atoms with E-state index >= 15 is 0 Å². The Kier molecular flexibility index (Phi) is 4.69. The third kappa shape index (κ3) is 3.47. The maximum Gasteiger partial charge on any atom is 0.253 e. The second-order valence-corrected chi connectivity index (χ2v) is 8.07. The molecule has 0 radical (unpaired) electrons. The Hall–Kier alpha value is -3.25. The van der Waals surface area contributed by atoms with Gasteiger partial charge in [0.15, 0.2) is 0 Å². The molecule has 5 rings (SSSR count). The van der Waals surface area contributed by atoms with E-state index in [0.717, 1.165) is 34.7 Å². The van der Waals surface area contributed by atoms with E-state index in [1.54, 1.807) is 17.7 Å².